The van der Waals surface area contributed by atoms with Crippen molar-refractivity contribution in [3.63, 3.8) is 0 Å². The molecule has 22 heavy (non-hydrogen) atoms. The van der Waals surface area contributed by atoms with E-state index in [1.165, 1.54) is 0 Å². The van der Waals surface area contributed by atoms with Crippen LogP contribution in [0.15, 0.2) is 30.0 Å². The Labute approximate surface area is 132 Å². The van der Waals surface area contributed by atoms with Crippen LogP contribution in [0.25, 0.3) is 0 Å². The van der Waals surface area contributed by atoms with E-state index in [-0.39, 0.29) is 6.03 Å². The highest BCUT2D eigenvalue weighted by Crippen LogP contribution is 2.27. The third-order valence-electron chi connectivity index (χ3n) is 3.49. The van der Waals surface area contributed by atoms with Gasteiger partial charge in [0.25, 0.3) is 0 Å². The van der Waals surface area contributed by atoms with Crippen LogP contribution in [0.3, 0.4) is 0 Å². The van der Waals surface area contributed by atoms with Gasteiger partial charge in [-0.1, -0.05) is 25.5 Å². The zero-order valence-corrected chi connectivity index (χ0v) is 14.0. The predicted molar refractivity (Wildman–Crippen MR) is 88.4 cm³/mol. The normalized spacial score (nSPS) is 11.3. The van der Waals surface area contributed by atoms with Crippen molar-refractivity contribution in [1.82, 2.24) is 10.6 Å². The first-order valence-corrected chi connectivity index (χ1v) is 7.39. The minimum absolute atomic E-state index is 0.194. The Morgan fingerprint density at radius 2 is 1.91 bits per heavy atom. The third-order valence-corrected chi connectivity index (χ3v) is 3.49. The van der Waals surface area contributed by atoms with Crippen LogP contribution in [-0.4, -0.2) is 26.8 Å². The average molecular weight is 306 g/mol. The van der Waals surface area contributed by atoms with Gasteiger partial charge < -0.3 is 20.1 Å². The van der Waals surface area contributed by atoms with Crippen LogP contribution in [0.2, 0.25) is 0 Å². The quantitative estimate of drug-likeness (QED) is 0.814. The van der Waals surface area contributed by atoms with Gasteiger partial charge in [0.15, 0.2) is 11.5 Å². The van der Waals surface area contributed by atoms with Gasteiger partial charge in [-0.3, -0.25) is 0 Å². The van der Waals surface area contributed by atoms with Crippen LogP contribution in [-0.2, 0) is 6.42 Å². The van der Waals surface area contributed by atoms with E-state index < -0.39 is 0 Å². The molecule has 0 atom stereocenters. The molecular formula is C17H26N2O3. The van der Waals surface area contributed by atoms with E-state index in [0.717, 1.165) is 17.6 Å². The Balaban J connectivity index is 2.44. The molecule has 0 unspecified atom stereocenters. The molecule has 0 radical (unpaired) electrons. The summed E-state index contributed by atoms with van der Waals surface area (Å²) in [6.45, 7) is 6.72. The zero-order valence-electron chi connectivity index (χ0n) is 14.0. The van der Waals surface area contributed by atoms with Crippen LogP contribution in [0.1, 0.15) is 26.3 Å². The Bertz CT molecular complexity index is 525. The van der Waals surface area contributed by atoms with Crippen LogP contribution < -0.4 is 20.1 Å². The van der Waals surface area contributed by atoms with Gasteiger partial charge in [0.05, 0.1) is 14.2 Å². The first kappa shape index (κ1) is 17.9. The molecule has 5 nitrogen and oxygen atoms in total. The van der Waals surface area contributed by atoms with Gasteiger partial charge in [0.2, 0.25) is 0 Å². The first-order chi connectivity index (χ1) is 10.5. The van der Waals surface area contributed by atoms with E-state index in [0.29, 0.717) is 24.0 Å². The number of benzene rings is 1. The maximum Gasteiger partial charge on any atom is 0.318 e. The van der Waals surface area contributed by atoms with E-state index in [1.807, 2.05) is 25.1 Å². The fourth-order valence-corrected chi connectivity index (χ4v) is 1.75. The van der Waals surface area contributed by atoms with Gasteiger partial charge >= 0.3 is 6.03 Å². The summed E-state index contributed by atoms with van der Waals surface area (Å²) in [6, 6.07) is 5.55. The maximum absolute atomic E-state index is 11.7. The number of hydrogen-bond donors (Lipinski definition) is 2. The van der Waals surface area contributed by atoms with Gasteiger partial charge in [-0.25, -0.2) is 4.79 Å². The molecule has 1 aromatic rings. The molecule has 0 aliphatic heterocycles. The van der Waals surface area contributed by atoms with Crippen LogP contribution in [0, 0.1) is 5.92 Å². The molecule has 0 saturated heterocycles. The van der Waals surface area contributed by atoms with E-state index in [9.17, 15) is 4.79 Å². The summed E-state index contributed by atoms with van der Waals surface area (Å²) in [5, 5.41) is 5.56. The van der Waals surface area contributed by atoms with Gasteiger partial charge in [0, 0.05) is 12.7 Å². The molecule has 0 aromatic heterocycles. The monoisotopic (exact) mass is 306 g/mol. The lowest BCUT2D eigenvalue weighted by Crippen LogP contribution is -2.33. The van der Waals surface area contributed by atoms with Crippen LogP contribution in [0.4, 0.5) is 4.79 Å². The van der Waals surface area contributed by atoms with Gasteiger partial charge in [-0.2, -0.15) is 0 Å². The lowest BCUT2D eigenvalue weighted by molar-refractivity contribution is 0.244. The summed E-state index contributed by atoms with van der Waals surface area (Å²) in [5.74, 6) is 1.82. The molecule has 0 aliphatic rings. The minimum Gasteiger partial charge on any atom is -0.493 e. The highest BCUT2D eigenvalue weighted by Gasteiger charge is 2.05. The molecule has 1 aromatic carbocycles. The zero-order chi connectivity index (χ0) is 16.5. The van der Waals surface area contributed by atoms with Crippen molar-refractivity contribution in [1.29, 1.82) is 0 Å². The number of methoxy groups -OCH3 is 2. The van der Waals surface area contributed by atoms with E-state index in [4.69, 9.17) is 9.47 Å². The van der Waals surface area contributed by atoms with Crippen molar-refractivity contribution < 1.29 is 14.3 Å². The minimum atomic E-state index is -0.194. The number of carbonyl (C=O) groups is 1. The highest BCUT2D eigenvalue weighted by molar-refractivity contribution is 5.74. The van der Waals surface area contributed by atoms with Crippen molar-refractivity contribution in [3.8, 4) is 11.5 Å². The molecule has 0 bridgehead atoms. The number of amides is 2. The predicted octanol–water partition coefficient (Wildman–Crippen LogP) is 3.11. The molecule has 2 amide bonds. The second-order valence-corrected chi connectivity index (χ2v) is 5.38. The topological polar surface area (TPSA) is 59.6 Å². The van der Waals surface area contributed by atoms with Crippen LogP contribution >= 0.6 is 0 Å². The van der Waals surface area contributed by atoms with E-state index in [1.54, 1.807) is 20.4 Å². The number of allylic oxidation sites excluding steroid dienone is 1. The second kappa shape index (κ2) is 8.97. The summed E-state index contributed by atoms with van der Waals surface area (Å²) >= 11 is 0. The molecule has 122 valence electrons. The third kappa shape index (κ3) is 5.68. The maximum atomic E-state index is 11.7. The summed E-state index contributed by atoms with van der Waals surface area (Å²) in [6.07, 6.45) is 2.47. The second-order valence-electron chi connectivity index (χ2n) is 5.38. The summed E-state index contributed by atoms with van der Waals surface area (Å²) in [5.41, 5.74) is 2.21. The number of ether oxygens (including phenoxy) is 2. The van der Waals surface area contributed by atoms with Crippen molar-refractivity contribution in [3.05, 3.63) is 35.5 Å². The van der Waals surface area contributed by atoms with Crippen molar-refractivity contribution in [2.75, 3.05) is 20.8 Å². The van der Waals surface area contributed by atoms with Crippen molar-refractivity contribution in [2.45, 2.75) is 27.2 Å². The van der Waals surface area contributed by atoms with E-state index >= 15 is 0 Å². The molecule has 0 heterocycles. The molecule has 0 fully saturated rings. The Hall–Kier alpha value is -2.17. The smallest absolute Gasteiger partial charge is 0.318 e. The lowest BCUT2D eigenvalue weighted by Gasteiger charge is -2.10. The molecule has 0 aliphatic carbocycles. The standard InChI is InChI=1S/C17H26N2O3/c1-12(2)13(3)11-19-17(20)18-9-8-14-6-7-15(21-4)16(10-14)22-5/h6-7,10-12H,8-9H2,1-5H3,(H2,18,19,20)/b13-11+. The highest BCUT2D eigenvalue weighted by atomic mass is 16.5. The number of nitrogens with one attached hydrogen (secondary N) is 2. The Morgan fingerprint density at radius 3 is 2.50 bits per heavy atom. The summed E-state index contributed by atoms with van der Waals surface area (Å²) in [7, 11) is 3.22. The average Bonchev–Trinajstić information content (AvgIpc) is 2.52. The SMILES string of the molecule is COc1ccc(CCNC(=O)N/C=C(\C)C(C)C)cc1OC. The Morgan fingerprint density at radius 1 is 1.23 bits per heavy atom. The van der Waals surface area contributed by atoms with E-state index in [2.05, 4.69) is 24.5 Å². The number of hydrogen-bond acceptors (Lipinski definition) is 3. The van der Waals surface area contributed by atoms with Crippen molar-refractivity contribution >= 4 is 6.03 Å². The number of carbonyl (C=O) groups excluding carboxylic acids is 1. The molecule has 5 heteroatoms. The first-order valence-electron chi connectivity index (χ1n) is 7.39. The largest absolute Gasteiger partial charge is 0.493 e. The van der Waals surface area contributed by atoms with Gasteiger partial charge in [-0.05, 0) is 37.0 Å². The molecular weight excluding hydrogens is 280 g/mol. The number of rotatable bonds is 7. The molecule has 2 N–H and O–H groups in total. The van der Waals surface area contributed by atoms with Gasteiger partial charge in [-0.15, -0.1) is 0 Å². The number of urea groups is 1. The molecule has 1 rings (SSSR count). The van der Waals surface area contributed by atoms with Crippen molar-refractivity contribution in [2.24, 2.45) is 5.92 Å². The van der Waals surface area contributed by atoms with Gasteiger partial charge in [0.1, 0.15) is 0 Å². The summed E-state index contributed by atoms with van der Waals surface area (Å²) < 4.78 is 10.5. The molecule has 0 saturated carbocycles. The fraction of sp³-hybridized carbons (Fsp3) is 0.471. The molecule has 0 spiro atoms. The van der Waals surface area contributed by atoms with Crippen LogP contribution in [0.5, 0.6) is 11.5 Å². The Kier molecular flexibility index (Phi) is 7.29. The fourth-order valence-electron chi connectivity index (χ4n) is 1.75. The lowest BCUT2D eigenvalue weighted by atomic mass is 10.1. The summed E-state index contributed by atoms with van der Waals surface area (Å²) in [4.78, 5) is 11.7.